The van der Waals surface area contributed by atoms with Crippen LogP contribution in [0, 0.1) is 0 Å². The van der Waals surface area contributed by atoms with Gasteiger partial charge in [0.25, 0.3) is 0 Å². The van der Waals surface area contributed by atoms with E-state index in [-0.39, 0.29) is 5.97 Å². The summed E-state index contributed by atoms with van der Waals surface area (Å²) in [7, 11) is 3.56. The minimum atomic E-state index is -0.474. The number of rotatable bonds is 3. The Bertz CT molecular complexity index is 277. The van der Waals surface area contributed by atoms with Crippen molar-refractivity contribution in [3.63, 3.8) is 0 Å². The zero-order chi connectivity index (χ0) is 12.5. The van der Waals surface area contributed by atoms with Gasteiger partial charge < -0.3 is 9.64 Å². The van der Waals surface area contributed by atoms with E-state index < -0.39 is 5.54 Å². The van der Waals surface area contributed by atoms with Crippen LogP contribution in [0.2, 0.25) is 0 Å². The number of nitrogens with one attached hydrogen (secondary N) is 1. The highest BCUT2D eigenvalue weighted by Gasteiger charge is 2.48. The fraction of sp³-hybridized carbons (Fsp3) is 0.923. The molecule has 17 heavy (non-hydrogen) atoms. The molecule has 4 heteroatoms. The number of likely N-dealkylation sites (N-methyl/N-ethyl adjacent to an activating group) is 1. The molecule has 0 radical (unpaired) electrons. The van der Waals surface area contributed by atoms with Crippen LogP contribution in [0.4, 0.5) is 0 Å². The van der Waals surface area contributed by atoms with E-state index in [4.69, 9.17) is 4.74 Å². The van der Waals surface area contributed by atoms with Crippen molar-refractivity contribution in [1.82, 2.24) is 10.2 Å². The molecule has 2 rings (SSSR count). The van der Waals surface area contributed by atoms with Gasteiger partial charge in [-0.15, -0.1) is 0 Å². The van der Waals surface area contributed by atoms with Crippen LogP contribution < -0.4 is 5.32 Å². The monoisotopic (exact) mass is 240 g/mol. The molecule has 1 aliphatic carbocycles. The largest absolute Gasteiger partial charge is 0.468 e. The Labute approximate surface area is 104 Å². The van der Waals surface area contributed by atoms with Gasteiger partial charge in [0.1, 0.15) is 5.54 Å². The Morgan fingerprint density at radius 3 is 2.53 bits per heavy atom. The van der Waals surface area contributed by atoms with Gasteiger partial charge in [0.05, 0.1) is 7.11 Å². The molecule has 1 N–H and O–H groups in total. The van der Waals surface area contributed by atoms with Crippen molar-refractivity contribution in [2.45, 2.75) is 56.7 Å². The lowest BCUT2D eigenvalue weighted by molar-refractivity contribution is -0.148. The van der Waals surface area contributed by atoms with Crippen LogP contribution in [-0.4, -0.2) is 49.2 Å². The van der Waals surface area contributed by atoms with Crippen LogP contribution >= 0.6 is 0 Å². The van der Waals surface area contributed by atoms with E-state index in [0.29, 0.717) is 12.1 Å². The fourth-order valence-corrected chi connectivity index (χ4v) is 3.27. The third kappa shape index (κ3) is 2.47. The summed E-state index contributed by atoms with van der Waals surface area (Å²) in [6, 6.07) is 0.927. The average Bonchev–Trinajstić information content (AvgIpc) is 2.88. The quantitative estimate of drug-likeness (QED) is 0.752. The Morgan fingerprint density at radius 2 is 2.06 bits per heavy atom. The highest BCUT2D eigenvalue weighted by molar-refractivity contribution is 5.81. The number of methoxy groups -OCH3 is 1. The highest BCUT2D eigenvalue weighted by atomic mass is 16.5. The summed E-state index contributed by atoms with van der Waals surface area (Å²) >= 11 is 0. The smallest absolute Gasteiger partial charge is 0.327 e. The molecular formula is C13H24N2O2. The molecule has 0 amide bonds. The molecule has 0 spiro atoms. The summed E-state index contributed by atoms with van der Waals surface area (Å²) in [6.45, 7) is 2.93. The summed E-state index contributed by atoms with van der Waals surface area (Å²) in [6.07, 6.45) is 5.79. The SMILES string of the molecule is COC(=O)C1(NC2CCCC2)CC(C)N(C)C1. The first-order valence-electron chi connectivity index (χ1n) is 6.64. The average molecular weight is 240 g/mol. The molecule has 2 unspecified atom stereocenters. The molecule has 1 aliphatic heterocycles. The minimum absolute atomic E-state index is 0.0967. The summed E-state index contributed by atoms with van der Waals surface area (Å²) in [4.78, 5) is 14.3. The van der Waals surface area contributed by atoms with E-state index in [1.807, 2.05) is 0 Å². The first kappa shape index (κ1) is 12.8. The number of likely N-dealkylation sites (tertiary alicyclic amines) is 1. The van der Waals surface area contributed by atoms with Crippen LogP contribution in [0.1, 0.15) is 39.0 Å². The Morgan fingerprint density at radius 1 is 1.41 bits per heavy atom. The second kappa shape index (κ2) is 4.94. The van der Waals surface area contributed by atoms with Crippen LogP contribution in [-0.2, 0) is 9.53 Å². The lowest BCUT2D eigenvalue weighted by atomic mass is 9.94. The number of nitrogens with zero attached hydrogens (tertiary/aromatic N) is 1. The number of ether oxygens (including phenoxy) is 1. The maximum atomic E-state index is 12.1. The van der Waals surface area contributed by atoms with E-state index in [0.717, 1.165) is 13.0 Å². The topological polar surface area (TPSA) is 41.6 Å². The molecule has 0 aromatic heterocycles. The fourth-order valence-electron chi connectivity index (χ4n) is 3.27. The van der Waals surface area contributed by atoms with Crippen molar-refractivity contribution in [2.24, 2.45) is 0 Å². The molecule has 1 heterocycles. The summed E-state index contributed by atoms with van der Waals surface area (Å²) in [5.41, 5.74) is -0.474. The highest BCUT2D eigenvalue weighted by Crippen LogP contribution is 2.30. The standard InChI is InChI=1S/C13H24N2O2/c1-10-8-13(9-15(10)2,12(16)17-3)14-11-6-4-5-7-11/h10-11,14H,4-9H2,1-3H3. The second-order valence-corrected chi connectivity index (χ2v) is 5.67. The van der Waals surface area contributed by atoms with Gasteiger partial charge in [-0.1, -0.05) is 12.8 Å². The molecule has 2 atom stereocenters. The van der Waals surface area contributed by atoms with Crippen LogP contribution in [0.3, 0.4) is 0 Å². The van der Waals surface area contributed by atoms with E-state index in [1.165, 1.54) is 32.8 Å². The van der Waals surface area contributed by atoms with Crippen LogP contribution in [0.15, 0.2) is 0 Å². The van der Waals surface area contributed by atoms with Gasteiger partial charge in [0, 0.05) is 18.6 Å². The van der Waals surface area contributed by atoms with E-state index in [1.54, 1.807) is 0 Å². The van der Waals surface area contributed by atoms with Crippen molar-refractivity contribution in [2.75, 3.05) is 20.7 Å². The molecule has 1 saturated carbocycles. The van der Waals surface area contributed by atoms with Gasteiger partial charge in [-0.2, -0.15) is 0 Å². The van der Waals surface area contributed by atoms with Crippen molar-refractivity contribution in [3.8, 4) is 0 Å². The molecule has 0 aromatic carbocycles. The number of hydrogen-bond donors (Lipinski definition) is 1. The van der Waals surface area contributed by atoms with Gasteiger partial charge in [0.2, 0.25) is 0 Å². The first-order chi connectivity index (χ1) is 8.07. The summed E-state index contributed by atoms with van der Waals surface area (Å²) in [5.74, 6) is -0.0967. The van der Waals surface area contributed by atoms with Crippen molar-refractivity contribution < 1.29 is 9.53 Å². The normalized spacial score (nSPS) is 35.4. The second-order valence-electron chi connectivity index (χ2n) is 5.67. The Kier molecular flexibility index (Phi) is 3.73. The molecule has 1 saturated heterocycles. The zero-order valence-electron chi connectivity index (χ0n) is 11.2. The van der Waals surface area contributed by atoms with Crippen molar-refractivity contribution in [3.05, 3.63) is 0 Å². The maximum Gasteiger partial charge on any atom is 0.327 e. The van der Waals surface area contributed by atoms with Gasteiger partial charge in [-0.05, 0) is 33.2 Å². The third-order valence-electron chi connectivity index (χ3n) is 4.33. The van der Waals surface area contributed by atoms with Crippen molar-refractivity contribution >= 4 is 5.97 Å². The van der Waals surface area contributed by atoms with Gasteiger partial charge >= 0.3 is 5.97 Å². The number of esters is 1. The van der Waals surface area contributed by atoms with E-state index in [2.05, 4.69) is 24.2 Å². The molecule has 2 aliphatic rings. The lowest BCUT2D eigenvalue weighted by Gasteiger charge is -2.30. The molecule has 4 nitrogen and oxygen atoms in total. The zero-order valence-corrected chi connectivity index (χ0v) is 11.2. The Hall–Kier alpha value is -0.610. The molecular weight excluding hydrogens is 216 g/mol. The van der Waals surface area contributed by atoms with Crippen LogP contribution in [0.5, 0.6) is 0 Å². The van der Waals surface area contributed by atoms with Crippen LogP contribution in [0.25, 0.3) is 0 Å². The number of carbonyl (C=O) groups excluding carboxylic acids is 1. The van der Waals surface area contributed by atoms with Gasteiger partial charge in [0.15, 0.2) is 0 Å². The number of hydrogen-bond acceptors (Lipinski definition) is 4. The summed E-state index contributed by atoms with van der Waals surface area (Å²) in [5, 5.41) is 3.59. The Balaban J connectivity index is 2.10. The first-order valence-corrected chi connectivity index (χ1v) is 6.64. The minimum Gasteiger partial charge on any atom is -0.468 e. The maximum absolute atomic E-state index is 12.1. The van der Waals surface area contributed by atoms with E-state index in [9.17, 15) is 4.79 Å². The summed E-state index contributed by atoms with van der Waals surface area (Å²) < 4.78 is 5.02. The predicted octanol–water partition coefficient (Wildman–Crippen LogP) is 1.15. The predicted molar refractivity (Wildman–Crippen MR) is 66.8 cm³/mol. The van der Waals surface area contributed by atoms with Crippen molar-refractivity contribution in [1.29, 1.82) is 0 Å². The lowest BCUT2D eigenvalue weighted by Crippen LogP contribution is -2.57. The number of carbonyl (C=O) groups is 1. The van der Waals surface area contributed by atoms with Gasteiger partial charge in [-0.3, -0.25) is 10.1 Å². The molecule has 2 fully saturated rings. The molecule has 0 aromatic rings. The molecule has 98 valence electrons. The van der Waals surface area contributed by atoms with E-state index >= 15 is 0 Å². The van der Waals surface area contributed by atoms with Gasteiger partial charge in [-0.25, -0.2) is 0 Å². The third-order valence-corrected chi connectivity index (χ3v) is 4.33. The molecule has 0 bridgehead atoms.